The molecule has 0 amide bonds. The Hall–Kier alpha value is -1.80. The molecule has 1 aliphatic carbocycles. The molecule has 2 aliphatic heterocycles. The lowest BCUT2D eigenvalue weighted by molar-refractivity contribution is -0.346. The highest BCUT2D eigenvalue weighted by molar-refractivity contribution is 5.89. The largest absolute Gasteiger partial charge is 0.471 e. The lowest BCUT2D eigenvalue weighted by Gasteiger charge is -2.44. The summed E-state index contributed by atoms with van der Waals surface area (Å²) in [6.07, 6.45) is -9.07. The van der Waals surface area contributed by atoms with Gasteiger partial charge in [0.05, 0.1) is 37.6 Å². The van der Waals surface area contributed by atoms with Crippen molar-refractivity contribution in [2.75, 3.05) is 13.7 Å². The van der Waals surface area contributed by atoms with Crippen LogP contribution in [0.3, 0.4) is 0 Å². The lowest BCUT2D eigenvalue weighted by Crippen LogP contribution is -2.61. The molecule has 0 aromatic rings. The van der Waals surface area contributed by atoms with Gasteiger partial charge in [0.25, 0.3) is 0 Å². The van der Waals surface area contributed by atoms with Crippen LogP contribution in [0.2, 0.25) is 0 Å². The summed E-state index contributed by atoms with van der Waals surface area (Å²) in [5, 5.41) is 50.3. The normalized spacial score (nSPS) is 44.6. The number of carbonyl (C=O) groups excluding carboxylic acids is 2. The van der Waals surface area contributed by atoms with Gasteiger partial charge in [0, 0.05) is 19.3 Å². The Labute approximate surface area is 177 Å². The van der Waals surface area contributed by atoms with Crippen molar-refractivity contribution in [1.82, 2.24) is 0 Å². The van der Waals surface area contributed by atoms with Gasteiger partial charge < -0.3 is 49.2 Å². The summed E-state index contributed by atoms with van der Waals surface area (Å²) < 4.78 is 26.8. The van der Waals surface area contributed by atoms with E-state index in [0.29, 0.717) is 0 Å². The fourth-order valence-electron chi connectivity index (χ4n) is 4.63. The highest BCUT2D eigenvalue weighted by atomic mass is 16.8. The Morgan fingerprint density at radius 1 is 1.16 bits per heavy atom. The monoisotopic (exact) mass is 448 g/mol. The van der Waals surface area contributed by atoms with Crippen LogP contribution in [-0.2, 0) is 33.3 Å². The number of rotatable bonds is 5. The molecule has 12 heteroatoms. The van der Waals surface area contributed by atoms with Gasteiger partial charge in [0.15, 0.2) is 6.29 Å². The smallest absolute Gasteiger partial charge is 0.337 e. The number of ether oxygens (including phenoxy) is 5. The van der Waals surface area contributed by atoms with Crippen molar-refractivity contribution in [3.8, 4) is 0 Å². The van der Waals surface area contributed by atoms with Crippen LogP contribution in [0, 0.1) is 11.8 Å². The van der Waals surface area contributed by atoms with Gasteiger partial charge >= 0.3 is 11.9 Å². The zero-order valence-electron chi connectivity index (χ0n) is 17.3. The molecular weight excluding hydrogens is 420 g/mol. The summed E-state index contributed by atoms with van der Waals surface area (Å²) in [7, 11) is 1.17. The topological polar surface area (TPSA) is 181 Å². The minimum atomic E-state index is -1.70. The van der Waals surface area contributed by atoms with Crippen LogP contribution in [0.25, 0.3) is 0 Å². The van der Waals surface area contributed by atoms with Crippen molar-refractivity contribution in [1.29, 1.82) is 0 Å². The maximum Gasteiger partial charge on any atom is 0.337 e. The summed E-state index contributed by atoms with van der Waals surface area (Å²) in [5.41, 5.74) is -1.30. The molecule has 0 radical (unpaired) electrons. The number of aliphatic hydroxyl groups excluding tert-OH is 5. The highest BCUT2D eigenvalue weighted by Gasteiger charge is 2.61. The molecule has 0 unspecified atom stereocenters. The van der Waals surface area contributed by atoms with Crippen LogP contribution >= 0.6 is 0 Å². The van der Waals surface area contributed by atoms with Crippen LogP contribution in [0.1, 0.15) is 20.3 Å². The zero-order valence-corrected chi connectivity index (χ0v) is 17.3. The molecule has 2 fully saturated rings. The maximum absolute atomic E-state index is 12.2. The van der Waals surface area contributed by atoms with Crippen LogP contribution in [0.5, 0.6) is 0 Å². The second kappa shape index (κ2) is 8.98. The van der Waals surface area contributed by atoms with E-state index in [-0.39, 0.29) is 12.0 Å². The van der Waals surface area contributed by atoms with Crippen molar-refractivity contribution >= 4 is 11.9 Å². The van der Waals surface area contributed by atoms with Crippen molar-refractivity contribution in [3.05, 3.63) is 11.8 Å². The molecule has 3 rings (SSSR count). The Kier molecular flexibility index (Phi) is 6.91. The zero-order chi connectivity index (χ0) is 23.1. The number of hydrogen-bond donors (Lipinski definition) is 5. The SMILES string of the molecule is COC(=O)C1=CO[C@@H](O[C@H]2O[C@@H](CO)[C@H](O)[C@@H](O)[C@@H]2O)[C@@H]2[C@@H]1[C@H](O)C[C@@]2(C)OC(C)=O. The van der Waals surface area contributed by atoms with Gasteiger partial charge in [-0.15, -0.1) is 0 Å². The first-order chi connectivity index (χ1) is 14.5. The van der Waals surface area contributed by atoms with Crippen molar-refractivity contribution in [3.63, 3.8) is 0 Å². The molecule has 0 spiro atoms. The van der Waals surface area contributed by atoms with Gasteiger partial charge in [-0.2, -0.15) is 0 Å². The molecule has 0 bridgehead atoms. The first-order valence-electron chi connectivity index (χ1n) is 9.81. The summed E-state index contributed by atoms with van der Waals surface area (Å²) in [5.74, 6) is -3.18. The fourth-order valence-corrected chi connectivity index (χ4v) is 4.63. The number of fused-ring (bicyclic) bond motifs is 1. The minimum absolute atomic E-state index is 0.0181. The molecular formula is C19H28O12. The van der Waals surface area contributed by atoms with E-state index in [9.17, 15) is 35.1 Å². The van der Waals surface area contributed by atoms with Gasteiger partial charge in [-0.25, -0.2) is 4.79 Å². The number of aliphatic hydroxyl groups is 5. The van der Waals surface area contributed by atoms with Crippen molar-refractivity contribution in [2.24, 2.45) is 11.8 Å². The van der Waals surface area contributed by atoms with E-state index >= 15 is 0 Å². The van der Waals surface area contributed by atoms with Gasteiger partial charge in [0.2, 0.25) is 6.29 Å². The number of esters is 2. The number of carbonyl (C=O) groups is 2. The Morgan fingerprint density at radius 2 is 1.84 bits per heavy atom. The Morgan fingerprint density at radius 3 is 2.42 bits per heavy atom. The molecule has 5 N–H and O–H groups in total. The minimum Gasteiger partial charge on any atom is -0.471 e. The predicted octanol–water partition coefficient (Wildman–Crippen LogP) is -2.47. The van der Waals surface area contributed by atoms with E-state index in [1.165, 1.54) is 14.0 Å². The molecule has 3 aliphatic rings. The van der Waals surface area contributed by atoms with Crippen LogP contribution < -0.4 is 0 Å². The molecule has 1 saturated heterocycles. The van der Waals surface area contributed by atoms with Crippen LogP contribution in [-0.4, -0.2) is 99.9 Å². The summed E-state index contributed by atoms with van der Waals surface area (Å²) >= 11 is 0. The average Bonchev–Trinajstić information content (AvgIpc) is 2.98. The van der Waals surface area contributed by atoms with Crippen LogP contribution in [0.15, 0.2) is 11.8 Å². The summed E-state index contributed by atoms with van der Waals surface area (Å²) in [6.45, 7) is 2.09. The van der Waals surface area contributed by atoms with Crippen molar-refractivity contribution in [2.45, 2.75) is 69.0 Å². The van der Waals surface area contributed by atoms with Gasteiger partial charge in [-0.1, -0.05) is 0 Å². The second-order valence-electron chi connectivity index (χ2n) is 8.13. The van der Waals surface area contributed by atoms with E-state index in [1.54, 1.807) is 6.92 Å². The van der Waals surface area contributed by atoms with Crippen molar-refractivity contribution < 1.29 is 58.8 Å². The predicted molar refractivity (Wildman–Crippen MR) is 97.6 cm³/mol. The van der Waals surface area contributed by atoms with E-state index in [1.807, 2.05) is 0 Å². The van der Waals surface area contributed by atoms with Gasteiger partial charge in [-0.3, -0.25) is 4.79 Å². The van der Waals surface area contributed by atoms with E-state index in [4.69, 9.17) is 23.7 Å². The standard InChI is InChI=1S/C19H28O12/c1-7(21)31-19(2)4-9(22)11-8(16(26)27-3)6-28-17(12(11)19)30-18-15(25)14(24)13(23)10(5-20)29-18/h6,9-15,17-18,20,22-25H,4-5H2,1-3H3/t9-,10+,11+,12+,13+,14-,15+,17+,18-,19-/m1/s1. The second-order valence-corrected chi connectivity index (χ2v) is 8.13. The molecule has 176 valence electrons. The highest BCUT2D eigenvalue weighted by Crippen LogP contribution is 2.51. The molecule has 31 heavy (non-hydrogen) atoms. The lowest BCUT2D eigenvalue weighted by atomic mass is 9.80. The van der Waals surface area contributed by atoms with E-state index < -0.39 is 79.1 Å². The molecule has 0 aromatic heterocycles. The maximum atomic E-state index is 12.2. The Balaban J connectivity index is 1.93. The fraction of sp³-hybridized carbons (Fsp3) is 0.789. The number of methoxy groups -OCH3 is 1. The molecule has 1 saturated carbocycles. The summed E-state index contributed by atoms with van der Waals surface area (Å²) in [4.78, 5) is 23.9. The molecule has 0 aromatic carbocycles. The third kappa shape index (κ3) is 4.29. The average molecular weight is 448 g/mol. The van der Waals surface area contributed by atoms with E-state index in [2.05, 4.69) is 0 Å². The first-order valence-corrected chi connectivity index (χ1v) is 9.81. The number of hydrogen-bond acceptors (Lipinski definition) is 12. The quantitative estimate of drug-likeness (QED) is 0.280. The van der Waals surface area contributed by atoms with Crippen LogP contribution in [0.4, 0.5) is 0 Å². The molecule has 2 heterocycles. The van der Waals surface area contributed by atoms with Gasteiger partial charge in [-0.05, 0) is 6.92 Å². The first kappa shape index (κ1) is 23.9. The molecule has 10 atom stereocenters. The summed E-state index contributed by atoms with van der Waals surface area (Å²) in [6, 6.07) is 0. The van der Waals surface area contributed by atoms with E-state index in [0.717, 1.165) is 6.26 Å². The third-order valence-corrected chi connectivity index (χ3v) is 6.02. The Bertz CT molecular complexity index is 723. The third-order valence-electron chi connectivity index (χ3n) is 6.02. The molecule has 12 nitrogen and oxygen atoms in total. The van der Waals surface area contributed by atoms with Gasteiger partial charge in [0.1, 0.15) is 30.0 Å².